The van der Waals surface area contributed by atoms with Gasteiger partial charge in [-0.15, -0.1) is 0 Å². The molecule has 1 aliphatic rings. The molecule has 0 amide bonds. The van der Waals surface area contributed by atoms with Crippen LogP contribution in [0.4, 0.5) is 0 Å². The van der Waals surface area contributed by atoms with E-state index in [1.54, 1.807) is 24.3 Å². The summed E-state index contributed by atoms with van der Waals surface area (Å²) in [5.74, 6) is -0.562. The summed E-state index contributed by atoms with van der Waals surface area (Å²) in [7, 11) is -3.98. The molecule has 0 bridgehead atoms. The van der Waals surface area contributed by atoms with Crippen LogP contribution in [0.2, 0.25) is 5.02 Å². The van der Waals surface area contributed by atoms with E-state index < -0.39 is 22.0 Å². The highest BCUT2D eigenvalue weighted by atomic mass is 35.5. The fraction of sp³-hybridized carbons (Fsp3) is 0.296. The van der Waals surface area contributed by atoms with Gasteiger partial charge < -0.3 is 4.74 Å². The predicted octanol–water partition coefficient (Wildman–Crippen LogP) is 5.43. The summed E-state index contributed by atoms with van der Waals surface area (Å²) >= 11 is 5.94. The number of rotatable bonds is 5. The monoisotopic (exact) mass is 497 g/mol. The SMILES string of the molecule is Cc1cc(C)c(C)c(S(=O)(=O)N2Cc3ccccc3CC2C(=O)OCc2ccc(Cl)cc2)c1C. The Morgan fingerprint density at radius 1 is 0.971 bits per heavy atom. The van der Waals surface area contributed by atoms with Crippen molar-refractivity contribution in [1.82, 2.24) is 4.31 Å². The summed E-state index contributed by atoms with van der Waals surface area (Å²) in [4.78, 5) is 13.6. The molecule has 0 saturated carbocycles. The second-order valence-electron chi connectivity index (χ2n) is 8.86. The van der Waals surface area contributed by atoms with Gasteiger partial charge in [0.15, 0.2) is 0 Å². The Balaban J connectivity index is 1.72. The topological polar surface area (TPSA) is 63.7 Å². The fourth-order valence-corrected chi connectivity index (χ4v) is 6.73. The van der Waals surface area contributed by atoms with Crippen LogP contribution in [0.1, 0.15) is 38.9 Å². The molecule has 1 atom stereocenters. The van der Waals surface area contributed by atoms with E-state index in [0.717, 1.165) is 27.8 Å². The van der Waals surface area contributed by atoms with Gasteiger partial charge in [-0.25, -0.2) is 8.42 Å². The van der Waals surface area contributed by atoms with Gasteiger partial charge in [0.1, 0.15) is 12.6 Å². The lowest BCUT2D eigenvalue weighted by molar-refractivity contribution is -0.150. The zero-order valence-corrected chi connectivity index (χ0v) is 21.3. The lowest BCUT2D eigenvalue weighted by atomic mass is 9.96. The Bertz CT molecular complexity index is 1320. The maximum Gasteiger partial charge on any atom is 0.325 e. The third-order valence-electron chi connectivity index (χ3n) is 6.64. The van der Waals surface area contributed by atoms with E-state index in [2.05, 4.69) is 0 Å². The van der Waals surface area contributed by atoms with Crippen molar-refractivity contribution in [3.05, 3.63) is 98.6 Å². The van der Waals surface area contributed by atoms with Gasteiger partial charge in [-0.05, 0) is 78.8 Å². The highest BCUT2D eigenvalue weighted by Gasteiger charge is 2.41. The molecule has 0 fully saturated rings. The number of hydrogen-bond donors (Lipinski definition) is 0. The molecule has 1 heterocycles. The van der Waals surface area contributed by atoms with Crippen LogP contribution in [0.25, 0.3) is 0 Å². The van der Waals surface area contributed by atoms with Crippen LogP contribution < -0.4 is 0 Å². The van der Waals surface area contributed by atoms with Crippen molar-refractivity contribution in [2.75, 3.05) is 0 Å². The van der Waals surface area contributed by atoms with Gasteiger partial charge in [-0.3, -0.25) is 4.79 Å². The van der Waals surface area contributed by atoms with Crippen molar-refractivity contribution in [2.24, 2.45) is 0 Å². The van der Waals surface area contributed by atoms with Crippen molar-refractivity contribution in [1.29, 1.82) is 0 Å². The lowest BCUT2D eigenvalue weighted by Crippen LogP contribution is -2.49. The number of halogens is 1. The standard InChI is InChI=1S/C27H28ClNO4S/c1-17-13-18(2)20(4)26(19(17)3)34(31,32)29-15-23-8-6-5-7-22(23)14-25(29)27(30)33-16-21-9-11-24(28)12-10-21/h5-13,25H,14-16H2,1-4H3. The van der Waals surface area contributed by atoms with Crippen LogP contribution >= 0.6 is 11.6 Å². The summed E-state index contributed by atoms with van der Waals surface area (Å²) in [6, 6.07) is 15.7. The highest BCUT2D eigenvalue weighted by molar-refractivity contribution is 7.89. The van der Waals surface area contributed by atoms with Gasteiger partial charge in [0.25, 0.3) is 0 Å². The smallest absolute Gasteiger partial charge is 0.325 e. The summed E-state index contributed by atoms with van der Waals surface area (Å²) in [5, 5.41) is 0.593. The molecular formula is C27H28ClNO4S. The first-order valence-electron chi connectivity index (χ1n) is 11.2. The Labute approximate surface area is 206 Å². The van der Waals surface area contributed by atoms with Crippen LogP contribution in [0.15, 0.2) is 59.5 Å². The Morgan fingerprint density at radius 2 is 1.56 bits per heavy atom. The minimum absolute atomic E-state index is 0.0453. The largest absolute Gasteiger partial charge is 0.460 e. The maximum absolute atomic E-state index is 14.1. The summed E-state index contributed by atoms with van der Waals surface area (Å²) in [6.07, 6.45) is 0.262. The van der Waals surface area contributed by atoms with E-state index in [9.17, 15) is 13.2 Å². The van der Waals surface area contributed by atoms with Crippen LogP contribution in [0.5, 0.6) is 0 Å². The molecule has 34 heavy (non-hydrogen) atoms. The van der Waals surface area contributed by atoms with Crippen LogP contribution in [0.3, 0.4) is 0 Å². The van der Waals surface area contributed by atoms with E-state index in [1.165, 1.54) is 4.31 Å². The number of carbonyl (C=O) groups excluding carboxylic acids is 1. The zero-order valence-electron chi connectivity index (χ0n) is 19.8. The molecule has 178 valence electrons. The Hall–Kier alpha value is -2.67. The Kier molecular flexibility index (Phi) is 6.85. The summed E-state index contributed by atoms with van der Waals surface area (Å²) in [6.45, 7) is 7.61. The molecule has 0 aromatic heterocycles. The molecule has 0 saturated heterocycles. The van der Waals surface area contributed by atoms with Crippen LogP contribution in [-0.2, 0) is 39.1 Å². The zero-order chi connectivity index (χ0) is 24.6. The Morgan fingerprint density at radius 3 is 2.18 bits per heavy atom. The first kappa shape index (κ1) is 24.5. The number of hydrogen-bond acceptors (Lipinski definition) is 4. The van der Waals surface area contributed by atoms with Crippen molar-refractivity contribution in [3.8, 4) is 0 Å². The molecule has 3 aromatic rings. The number of benzene rings is 3. The van der Waals surface area contributed by atoms with E-state index in [0.29, 0.717) is 16.1 Å². The van der Waals surface area contributed by atoms with Crippen molar-refractivity contribution < 1.29 is 17.9 Å². The minimum Gasteiger partial charge on any atom is -0.460 e. The van der Waals surface area contributed by atoms with Gasteiger partial charge in [-0.2, -0.15) is 4.31 Å². The number of fused-ring (bicyclic) bond motifs is 1. The normalized spacial score (nSPS) is 16.2. The van der Waals surface area contributed by atoms with Gasteiger partial charge >= 0.3 is 5.97 Å². The molecule has 1 unspecified atom stereocenters. The number of esters is 1. The predicted molar refractivity (Wildman–Crippen MR) is 133 cm³/mol. The molecule has 0 spiro atoms. The summed E-state index contributed by atoms with van der Waals surface area (Å²) < 4.78 is 35.1. The van der Waals surface area contributed by atoms with Gasteiger partial charge in [0.2, 0.25) is 10.0 Å². The quantitative estimate of drug-likeness (QED) is 0.441. The third-order valence-corrected chi connectivity index (χ3v) is 9.02. The first-order valence-corrected chi connectivity index (χ1v) is 13.0. The van der Waals surface area contributed by atoms with E-state index in [4.69, 9.17) is 16.3 Å². The van der Waals surface area contributed by atoms with E-state index >= 15 is 0 Å². The number of ether oxygens (including phenoxy) is 1. The molecule has 5 nitrogen and oxygen atoms in total. The lowest BCUT2D eigenvalue weighted by Gasteiger charge is -2.35. The van der Waals surface area contributed by atoms with Gasteiger partial charge in [0.05, 0.1) is 4.90 Å². The molecule has 3 aromatic carbocycles. The maximum atomic E-state index is 14.1. The molecule has 0 radical (unpaired) electrons. The van der Waals surface area contributed by atoms with Crippen LogP contribution in [0, 0.1) is 27.7 Å². The van der Waals surface area contributed by atoms with Crippen molar-refractivity contribution in [2.45, 2.75) is 58.2 Å². The van der Waals surface area contributed by atoms with Crippen LogP contribution in [-0.4, -0.2) is 24.7 Å². The summed E-state index contributed by atoms with van der Waals surface area (Å²) in [5.41, 5.74) is 5.85. The average Bonchev–Trinajstić information content (AvgIpc) is 2.81. The molecule has 1 aliphatic heterocycles. The third kappa shape index (κ3) is 4.63. The number of carbonyl (C=O) groups is 1. The molecule has 4 rings (SSSR count). The van der Waals surface area contributed by atoms with E-state index in [-0.39, 0.29) is 24.5 Å². The van der Waals surface area contributed by atoms with E-state index in [1.807, 2.05) is 58.0 Å². The van der Waals surface area contributed by atoms with Gasteiger partial charge in [0, 0.05) is 18.0 Å². The molecule has 7 heteroatoms. The van der Waals surface area contributed by atoms with Crippen molar-refractivity contribution >= 4 is 27.6 Å². The number of aryl methyl sites for hydroxylation is 2. The fourth-order valence-electron chi connectivity index (χ4n) is 4.47. The molecular weight excluding hydrogens is 470 g/mol. The van der Waals surface area contributed by atoms with Crippen molar-refractivity contribution in [3.63, 3.8) is 0 Å². The average molecular weight is 498 g/mol. The van der Waals surface area contributed by atoms with Gasteiger partial charge in [-0.1, -0.05) is 54.1 Å². The first-order chi connectivity index (χ1) is 16.1. The second kappa shape index (κ2) is 9.53. The second-order valence-corrected chi connectivity index (χ2v) is 11.1. The minimum atomic E-state index is -3.98. The molecule has 0 N–H and O–H groups in total. The number of sulfonamides is 1. The molecule has 0 aliphatic carbocycles. The number of nitrogens with zero attached hydrogens (tertiary/aromatic N) is 1. The highest BCUT2D eigenvalue weighted by Crippen LogP contribution is 2.34.